The minimum Gasteiger partial charge on any atom is -0.380 e. The van der Waals surface area contributed by atoms with Crippen LogP contribution in [0.5, 0.6) is 0 Å². The van der Waals surface area contributed by atoms with Crippen molar-refractivity contribution in [2.45, 2.75) is 13.3 Å². The second-order valence-corrected chi connectivity index (χ2v) is 4.07. The van der Waals surface area contributed by atoms with E-state index in [4.69, 9.17) is 9.26 Å². The molecule has 0 atom stereocenters. The van der Waals surface area contributed by atoms with Gasteiger partial charge in [-0.05, 0) is 0 Å². The predicted molar refractivity (Wildman–Crippen MR) is 49.8 cm³/mol. The van der Waals surface area contributed by atoms with Gasteiger partial charge in [0.15, 0.2) is 6.33 Å². The van der Waals surface area contributed by atoms with Gasteiger partial charge in [-0.1, -0.05) is 12.1 Å². The molecule has 0 bridgehead atoms. The lowest BCUT2D eigenvalue weighted by Crippen LogP contribution is -2.47. The van der Waals surface area contributed by atoms with Gasteiger partial charge < -0.3 is 14.6 Å². The zero-order chi connectivity index (χ0) is 9.86. The molecule has 0 unspecified atom stereocenters. The van der Waals surface area contributed by atoms with Gasteiger partial charge in [0.05, 0.1) is 13.2 Å². The van der Waals surface area contributed by atoms with E-state index in [1.165, 1.54) is 6.33 Å². The number of rotatable bonds is 5. The van der Waals surface area contributed by atoms with Gasteiger partial charge in [-0.15, -0.1) is 0 Å². The first-order valence-corrected chi connectivity index (χ1v) is 4.83. The van der Waals surface area contributed by atoms with Gasteiger partial charge in [-0.3, -0.25) is 0 Å². The molecule has 14 heavy (non-hydrogen) atoms. The van der Waals surface area contributed by atoms with Crippen molar-refractivity contribution < 1.29 is 9.26 Å². The van der Waals surface area contributed by atoms with Crippen LogP contribution >= 0.6 is 0 Å². The number of nitrogens with zero attached hydrogens (tertiary/aromatic N) is 2. The van der Waals surface area contributed by atoms with Crippen LogP contribution in [0.25, 0.3) is 0 Å². The average molecular weight is 197 g/mol. The molecule has 5 nitrogen and oxygen atoms in total. The maximum absolute atomic E-state index is 5.16. The molecule has 1 saturated heterocycles. The van der Waals surface area contributed by atoms with Gasteiger partial charge in [0.2, 0.25) is 5.89 Å². The van der Waals surface area contributed by atoms with Crippen molar-refractivity contribution in [3.05, 3.63) is 12.2 Å². The summed E-state index contributed by atoms with van der Waals surface area (Å²) in [5.74, 6) is 0.688. The summed E-state index contributed by atoms with van der Waals surface area (Å²) < 4.78 is 10.0. The molecule has 2 heterocycles. The molecular weight excluding hydrogens is 182 g/mol. The molecule has 1 aromatic rings. The van der Waals surface area contributed by atoms with Crippen molar-refractivity contribution in [2.75, 3.05) is 26.3 Å². The fourth-order valence-electron chi connectivity index (χ4n) is 1.44. The molecule has 1 aliphatic heterocycles. The van der Waals surface area contributed by atoms with Crippen LogP contribution in [0.4, 0.5) is 0 Å². The largest absolute Gasteiger partial charge is 0.380 e. The number of aromatic nitrogens is 2. The first-order valence-electron chi connectivity index (χ1n) is 4.83. The molecular formula is C9H15N3O2. The Balaban J connectivity index is 1.59. The number of hydrogen-bond acceptors (Lipinski definition) is 5. The highest BCUT2D eigenvalue weighted by molar-refractivity contribution is 4.83. The van der Waals surface area contributed by atoms with Gasteiger partial charge in [0.1, 0.15) is 0 Å². The molecule has 2 rings (SSSR count). The Bertz CT molecular complexity index is 270. The lowest BCUT2D eigenvalue weighted by atomic mass is 9.89. The highest BCUT2D eigenvalue weighted by atomic mass is 16.5. The molecule has 0 spiro atoms. The first-order chi connectivity index (χ1) is 6.79. The maximum atomic E-state index is 5.16. The van der Waals surface area contributed by atoms with E-state index in [-0.39, 0.29) is 0 Å². The predicted octanol–water partition coefficient (Wildman–Crippen LogP) is 0.238. The lowest BCUT2D eigenvalue weighted by Gasteiger charge is -2.38. The van der Waals surface area contributed by atoms with E-state index in [1.54, 1.807) is 0 Å². The van der Waals surface area contributed by atoms with E-state index in [1.807, 2.05) is 0 Å². The maximum Gasteiger partial charge on any atom is 0.227 e. The van der Waals surface area contributed by atoms with E-state index < -0.39 is 0 Å². The zero-order valence-electron chi connectivity index (χ0n) is 8.32. The Labute approximate surface area is 82.8 Å². The zero-order valence-corrected chi connectivity index (χ0v) is 8.32. The third-order valence-corrected chi connectivity index (χ3v) is 2.38. The van der Waals surface area contributed by atoms with E-state index in [0.29, 0.717) is 11.3 Å². The monoisotopic (exact) mass is 197 g/mol. The third kappa shape index (κ3) is 2.30. The SMILES string of the molecule is CC1(CNCCc2ncno2)COC1. The van der Waals surface area contributed by atoms with Gasteiger partial charge in [-0.2, -0.15) is 4.98 Å². The molecule has 1 fully saturated rings. The molecule has 1 N–H and O–H groups in total. The molecule has 0 radical (unpaired) electrons. The van der Waals surface area contributed by atoms with Crippen molar-refractivity contribution in [3.63, 3.8) is 0 Å². The quantitative estimate of drug-likeness (QED) is 0.685. The Morgan fingerprint density at radius 2 is 2.43 bits per heavy atom. The first kappa shape index (κ1) is 9.61. The van der Waals surface area contributed by atoms with Crippen LogP contribution in [0, 0.1) is 5.41 Å². The molecule has 1 aromatic heterocycles. The highest BCUT2D eigenvalue weighted by Gasteiger charge is 2.32. The van der Waals surface area contributed by atoms with Crippen LogP contribution in [0.15, 0.2) is 10.9 Å². The van der Waals surface area contributed by atoms with Crippen LogP contribution in [0.2, 0.25) is 0 Å². The highest BCUT2D eigenvalue weighted by Crippen LogP contribution is 2.24. The van der Waals surface area contributed by atoms with Crippen molar-refractivity contribution in [2.24, 2.45) is 5.41 Å². The van der Waals surface area contributed by atoms with Gasteiger partial charge in [0.25, 0.3) is 0 Å². The van der Waals surface area contributed by atoms with Gasteiger partial charge in [0, 0.05) is 24.9 Å². The van der Waals surface area contributed by atoms with Crippen LogP contribution < -0.4 is 5.32 Å². The van der Waals surface area contributed by atoms with Crippen LogP contribution in [0.3, 0.4) is 0 Å². The smallest absolute Gasteiger partial charge is 0.227 e. The van der Waals surface area contributed by atoms with Crippen LogP contribution in [-0.2, 0) is 11.2 Å². The molecule has 0 aliphatic carbocycles. The molecule has 0 aromatic carbocycles. The summed E-state index contributed by atoms with van der Waals surface area (Å²) in [5.41, 5.74) is 0.328. The minimum absolute atomic E-state index is 0.328. The fourth-order valence-corrected chi connectivity index (χ4v) is 1.44. The lowest BCUT2D eigenvalue weighted by molar-refractivity contribution is -0.0989. The Morgan fingerprint density at radius 3 is 3.00 bits per heavy atom. The third-order valence-electron chi connectivity index (χ3n) is 2.38. The Hall–Kier alpha value is -0.940. The molecule has 0 saturated carbocycles. The second-order valence-electron chi connectivity index (χ2n) is 4.07. The average Bonchev–Trinajstić information content (AvgIpc) is 2.62. The van der Waals surface area contributed by atoms with E-state index in [2.05, 4.69) is 22.4 Å². The van der Waals surface area contributed by atoms with Crippen molar-refractivity contribution in [1.82, 2.24) is 15.5 Å². The standard InChI is InChI=1S/C9H15N3O2/c1-9(5-13-6-9)4-10-3-2-8-11-7-12-14-8/h7,10H,2-6H2,1H3. The molecule has 1 aliphatic rings. The van der Waals surface area contributed by atoms with Crippen molar-refractivity contribution in [3.8, 4) is 0 Å². The van der Waals surface area contributed by atoms with Crippen LogP contribution in [0.1, 0.15) is 12.8 Å². The summed E-state index contributed by atoms with van der Waals surface area (Å²) in [4.78, 5) is 3.94. The summed E-state index contributed by atoms with van der Waals surface area (Å²) >= 11 is 0. The summed E-state index contributed by atoms with van der Waals surface area (Å²) in [6.07, 6.45) is 2.22. The fraction of sp³-hybridized carbons (Fsp3) is 0.778. The normalized spacial score (nSPS) is 19.2. The van der Waals surface area contributed by atoms with Gasteiger partial charge >= 0.3 is 0 Å². The number of hydrogen-bond donors (Lipinski definition) is 1. The number of ether oxygens (including phenoxy) is 1. The summed E-state index contributed by atoms with van der Waals surface area (Å²) in [6, 6.07) is 0. The van der Waals surface area contributed by atoms with Crippen LogP contribution in [-0.4, -0.2) is 36.4 Å². The molecule has 0 amide bonds. The van der Waals surface area contributed by atoms with Gasteiger partial charge in [-0.25, -0.2) is 0 Å². The van der Waals surface area contributed by atoms with Crippen molar-refractivity contribution in [1.29, 1.82) is 0 Å². The van der Waals surface area contributed by atoms with Crippen molar-refractivity contribution >= 4 is 0 Å². The summed E-state index contributed by atoms with van der Waals surface area (Å²) in [7, 11) is 0. The van der Waals surface area contributed by atoms with E-state index in [0.717, 1.165) is 32.7 Å². The van der Waals surface area contributed by atoms with E-state index in [9.17, 15) is 0 Å². The second kappa shape index (κ2) is 4.06. The minimum atomic E-state index is 0.328. The topological polar surface area (TPSA) is 60.2 Å². The molecule has 78 valence electrons. The summed E-state index contributed by atoms with van der Waals surface area (Å²) in [5, 5.41) is 6.90. The Morgan fingerprint density at radius 1 is 1.57 bits per heavy atom. The Kier molecular flexibility index (Phi) is 2.79. The number of nitrogens with one attached hydrogen (secondary N) is 1. The molecule has 5 heteroatoms. The van der Waals surface area contributed by atoms with E-state index >= 15 is 0 Å². The summed E-state index contributed by atoms with van der Waals surface area (Å²) in [6.45, 7) is 5.80.